The quantitative estimate of drug-likeness (QED) is 0.678. The minimum Gasteiger partial charge on any atom is -0.375 e. The lowest BCUT2D eigenvalue weighted by atomic mass is 10.3. The van der Waals surface area contributed by atoms with Gasteiger partial charge in [0.1, 0.15) is 0 Å². The lowest BCUT2D eigenvalue weighted by molar-refractivity contribution is -0.0228. The molecule has 0 bridgehead atoms. The van der Waals surface area contributed by atoms with Crippen LogP contribution in [0.1, 0.15) is 20.3 Å². The maximum absolute atomic E-state index is 11.4. The Morgan fingerprint density at radius 1 is 1.23 bits per heavy atom. The molecule has 4 nitrogen and oxygen atoms in total. The van der Waals surface area contributed by atoms with Crippen molar-refractivity contribution in [3.63, 3.8) is 0 Å². The Morgan fingerprint density at radius 3 is 2.38 bits per heavy atom. The van der Waals surface area contributed by atoms with Gasteiger partial charge in [-0.2, -0.15) is 0 Å². The molecule has 1 rings (SSSR count). The number of rotatable bonds is 4. The van der Waals surface area contributed by atoms with Crippen molar-refractivity contribution in [1.29, 1.82) is 0 Å². The van der Waals surface area contributed by atoms with Crippen LogP contribution in [0.4, 0.5) is 0 Å². The lowest BCUT2D eigenvalue weighted by Gasteiger charge is -2.17. The van der Waals surface area contributed by atoms with Gasteiger partial charge in [0.05, 0.1) is 11.9 Å². The predicted octanol–water partition coefficient (Wildman–Crippen LogP) is 0.573. The number of ether oxygens (including phenoxy) is 2. The Balaban J connectivity index is 2.68. The molecule has 0 saturated carbocycles. The highest BCUT2D eigenvalue weighted by atomic mass is 32.2. The van der Waals surface area contributed by atoms with Crippen molar-refractivity contribution in [2.45, 2.75) is 31.8 Å². The maximum Gasteiger partial charge on any atom is 0.184 e. The van der Waals surface area contributed by atoms with Crippen LogP contribution >= 0.6 is 0 Å². The first-order valence-corrected chi connectivity index (χ1v) is 6.28. The van der Waals surface area contributed by atoms with Gasteiger partial charge in [0, 0.05) is 13.2 Å². The first-order chi connectivity index (χ1) is 6.11. The summed E-state index contributed by atoms with van der Waals surface area (Å²) < 4.78 is 33.3. The third-order valence-corrected chi connectivity index (χ3v) is 4.01. The van der Waals surface area contributed by atoms with Gasteiger partial charge in [0.2, 0.25) is 0 Å². The van der Waals surface area contributed by atoms with E-state index in [-0.39, 0.29) is 11.9 Å². The Hall–Kier alpha value is -0.130. The fraction of sp³-hybridized carbons (Fsp3) is 1.00. The normalized spacial score (nSPS) is 32.2. The van der Waals surface area contributed by atoms with Gasteiger partial charge in [-0.25, -0.2) is 8.42 Å². The molecule has 2 atom stereocenters. The van der Waals surface area contributed by atoms with Crippen LogP contribution in [-0.4, -0.2) is 38.9 Å². The molecule has 0 aromatic carbocycles. The van der Waals surface area contributed by atoms with E-state index in [4.69, 9.17) is 9.47 Å². The molecule has 1 saturated heterocycles. The second-order valence-corrected chi connectivity index (χ2v) is 5.17. The molecule has 0 amide bonds. The molecule has 0 aromatic heterocycles. The zero-order chi connectivity index (χ0) is 9.90. The Labute approximate surface area is 79.1 Å². The van der Waals surface area contributed by atoms with Crippen molar-refractivity contribution < 1.29 is 17.9 Å². The summed E-state index contributed by atoms with van der Waals surface area (Å²) >= 11 is 0. The van der Waals surface area contributed by atoms with Gasteiger partial charge in [0.15, 0.2) is 15.3 Å². The molecular formula is C8H16O4S. The monoisotopic (exact) mass is 208 g/mol. The number of hydrogen-bond donors (Lipinski definition) is 0. The predicted molar refractivity (Wildman–Crippen MR) is 49.2 cm³/mol. The van der Waals surface area contributed by atoms with Gasteiger partial charge in [-0.1, -0.05) is 0 Å². The zero-order valence-electron chi connectivity index (χ0n) is 8.02. The largest absolute Gasteiger partial charge is 0.375 e. The Kier molecular flexibility index (Phi) is 3.70. The maximum atomic E-state index is 11.4. The van der Waals surface area contributed by atoms with Crippen LogP contribution < -0.4 is 0 Å². The van der Waals surface area contributed by atoms with Crippen molar-refractivity contribution in [3.8, 4) is 0 Å². The third-order valence-electron chi connectivity index (χ3n) is 2.06. The van der Waals surface area contributed by atoms with Crippen molar-refractivity contribution in [2.75, 3.05) is 19.0 Å². The molecule has 0 radical (unpaired) electrons. The van der Waals surface area contributed by atoms with Crippen molar-refractivity contribution >= 4 is 9.84 Å². The van der Waals surface area contributed by atoms with E-state index in [1.807, 2.05) is 6.92 Å². The van der Waals surface area contributed by atoms with Crippen LogP contribution in [0.5, 0.6) is 0 Å². The molecule has 1 aliphatic rings. The van der Waals surface area contributed by atoms with Gasteiger partial charge >= 0.3 is 0 Å². The lowest BCUT2D eigenvalue weighted by Crippen LogP contribution is -2.31. The van der Waals surface area contributed by atoms with E-state index < -0.39 is 15.3 Å². The highest BCUT2D eigenvalue weighted by molar-refractivity contribution is 7.92. The van der Waals surface area contributed by atoms with E-state index in [0.29, 0.717) is 19.6 Å². The summed E-state index contributed by atoms with van der Waals surface area (Å²) in [6, 6.07) is 0. The third kappa shape index (κ3) is 2.42. The van der Waals surface area contributed by atoms with E-state index in [0.717, 1.165) is 0 Å². The van der Waals surface area contributed by atoms with Gasteiger partial charge in [-0.3, -0.25) is 0 Å². The van der Waals surface area contributed by atoms with Crippen molar-refractivity contribution in [3.05, 3.63) is 0 Å². The average molecular weight is 208 g/mol. The molecular weight excluding hydrogens is 192 g/mol. The first-order valence-electron chi connectivity index (χ1n) is 4.56. The number of sulfone groups is 1. The Bertz CT molecular complexity index is 247. The van der Waals surface area contributed by atoms with Crippen LogP contribution in [-0.2, 0) is 19.3 Å². The molecule has 2 unspecified atom stereocenters. The second kappa shape index (κ2) is 4.39. The SMILES string of the molecule is CCOC1CCS(=O)(=O)C1OCC. The molecule has 5 heteroatoms. The van der Waals surface area contributed by atoms with Crippen LogP contribution in [0.3, 0.4) is 0 Å². The topological polar surface area (TPSA) is 52.6 Å². The first kappa shape index (κ1) is 10.9. The summed E-state index contributed by atoms with van der Waals surface area (Å²) in [5.41, 5.74) is -0.738. The van der Waals surface area contributed by atoms with Gasteiger partial charge in [0.25, 0.3) is 0 Å². The molecule has 78 valence electrons. The summed E-state index contributed by atoms with van der Waals surface area (Å²) in [4.78, 5) is 0. The minimum atomic E-state index is -3.07. The van der Waals surface area contributed by atoms with Gasteiger partial charge < -0.3 is 9.47 Å². The molecule has 0 N–H and O–H groups in total. The molecule has 1 fully saturated rings. The second-order valence-electron chi connectivity index (χ2n) is 2.97. The van der Waals surface area contributed by atoms with Crippen LogP contribution in [0, 0.1) is 0 Å². The van der Waals surface area contributed by atoms with E-state index in [1.54, 1.807) is 6.92 Å². The van der Waals surface area contributed by atoms with Gasteiger partial charge in [-0.15, -0.1) is 0 Å². The van der Waals surface area contributed by atoms with E-state index in [1.165, 1.54) is 0 Å². The minimum absolute atomic E-state index is 0.183. The Morgan fingerprint density at radius 2 is 1.85 bits per heavy atom. The van der Waals surface area contributed by atoms with E-state index in [2.05, 4.69) is 0 Å². The summed E-state index contributed by atoms with van der Waals surface area (Å²) in [7, 11) is -3.07. The number of hydrogen-bond acceptors (Lipinski definition) is 4. The van der Waals surface area contributed by atoms with Crippen LogP contribution in [0.15, 0.2) is 0 Å². The summed E-state index contributed by atoms with van der Waals surface area (Å²) in [5, 5.41) is 0. The molecule has 0 spiro atoms. The van der Waals surface area contributed by atoms with Crippen LogP contribution in [0.2, 0.25) is 0 Å². The summed E-state index contributed by atoms with van der Waals surface area (Å²) in [6.07, 6.45) is 0.288. The molecule has 1 aliphatic heterocycles. The van der Waals surface area contributed by atoms with Gasteiger partial charge in [-0.05, 0) is 20.3 Å². The average Bonchev–Trinajstić information content (AvgIpc) is 2.33. The van der Waals surface area contributed by atoms with Crippen molar-refractivity contribution in [2.24, 2.45) is 0 Å². The molecule has 0 aromatic rings. The molecule has 13 heavy (non-hydrogen) atoms. The van der Waals surface area contributed by atoms with Crippen LogP contribution in [0.25, 0.3) is 0 Å². The summed E-state index contributed by atoms with van der Waals surface area (Å²) in [5.74, 6) is 0.183. The fourth-order valence-corrected chi connectivity index (χ4v) is 3.33. The highest BCUT2D eigenvalue weighted by Gasteiger charge is 2.41. The summed E-state index contributed by atoms with van der Waals surface area (Å²) in [6.45, 7) is 4.59. The smallest absolute Gasteiger partial charge is 0.184 e. The molecule has 0 aliphatic carbocycles. The van der Waals surface area contributed by atoms with E-state index in [9.17, 15) is 8.42 Å². The van der Waals surface area contributed by atoms with E-state index >= 15 is 0 Å². The highest BCUT2D eigenvalue weighted by Crippen LogP contribution is 2.24. The standard InChI is InChI=1S/C8H16O4S/c1-3-11-7-5-6-13(9,10)8(7)12-4-2/h7-8H,3-6H2,1-2H3. The fourth-order valence-electron chi connectivity index (χ4n) is 1.52. The molecule has 1 heterocycles. The zero-order valence-corrected chi connectivity index (χ0v) is 8.84. The van der Waals surface area contributed by atoms with Crippen molar-refractivity contribution in [1.82, 2.24) is 0 Å².